The molecule has 0 bridgehead atoms. The Morgan fingerprint density at radius 1 is 1.21 bits per heavy atom. The van der Waals surface area contributed by atoms with Gasteiger partial charge in [-0.2, -0.15) is 0 Å². The van der Waals surface area contributed by atoms with Gasteiger partial charge in [-0.15, -0.1) is 11.3 Å². The van der Waals surface area contributed by atoms with E-state index in [1.54, 1.807) is 18.2 Å². The SMILES string of the molecule is Cc1ccc(NC(=O)COC(=O)c2cc3c(s2)-c2ccccc2OC3)c(Cl)c1. The number of benzene rings is 2. The number of hydrogen-bond donors (Lipinski definition) is 1. The predicted octanol–water partition coefficient (Wildman–Crippen LogP) is 5.06. The van der Waals surface area contributed by atoms with Gasteiger partial charge < -0.3 is 14.8 Å². The molecule has 0 saturated carbocycles. The summed E-state index contributed by atoms with van der Waals surface area (Å²) in [5.74, 6) is -0.192. The minimum Gasteiger partial charge on any atom is -0.488 e. The lowest BCUT2D eigenvalue weighted by atomic mass is 10.1. The summed E-state index contributed by atoms with van der Waals surface area (Å²) >= 11 is 7.44. The largest absolute Gasteiger partial charge is 0.488 e. The maximum absolute atomic E-state index is 12.4. The van der Waals surface area contributed by atoms with Crippen molar-refractivity contribution in [1.29, 1.82) is 0 Å². The minimum atomic E-state index is -0.540. The van der Waals surface area contributed by atoms with E-state index in [1.807, 2.05) is 37.3 Å². The molecule has 1 amide bonds. The van der Waals surface area contributed by atoms with Gasteiger partial charge in [-0.3, -0.25) is 4.79 Å². The van der Waals surface area contributed by atoms with Crippen molar-refractivity contribution in [1.82, 2.24) is 0 Å². The van der Waals surface area contributed by atoms with Crippen molar-refractivity contribution in [3.05, 3.63) is 69.6 Å². The molecule has 5 nitrogen and oxygen atoms in total. The van der Waals surface area contributed by atoms with Crippen molar-refractivity contribution in [2.45, 2.75) is 13.5 Å². The highest BCUT2D eigenvalue weighted by Crippen LogP contribution is 2.42. The van der Waals surface area contributed by atoms with E-state index in [4.69, 9.17) is 21.1 Å². The number of rotatable bonds is 4. The van der Waals surface area contributed by atoms with Gasteiger partial charge in [0.25, 0.3) is 5.91 Å². The predicted molar refractivity (Wildman–Crippen MR) is 109 cm³/mol. The second-order valence-corrected chi connectivity index (χ2v) is 7.82. The molecule has 0 saturated heterocycles. The summed E-state index contributed by atoms with van der Waals surface area (Å²) in [6.07, 6.45) is 0. The second kappa shape index (κ2) is 7.66. The highest BCUT2D eigenvalue weighted by Gasteiger charge is 2.23. The summed E-state index contributed by atoms with van der Waals surface area (Å²) in [5, 5.41) is 3.08. The Morgan fingerprint density at radius 3 is 2.86 bits per heavy atom. The number of hydrogen-bond acceptors (Lipinski definition) is 5. The lowest BCUT2D eigenvalue weighted by Crippen LogP contribution is -2.20. The first-order valence-corrected chi connectivity index (χ1v) is 9.79. The maximum atomic E-state index is 12.4. The molecule has 1 aliphatic rings. The van der Waals surface area contributed by atoms with Gasteiger partial charge in [0.2, 0.25) is 0 Å². The molecule has 0 atom stereocenters. The van der Waals surface area contributed by atoms with Gasteiger partial charge in [-0.25, -0.2) is 4.79 Å². The van der Waals surface area contributed by atoms with E-state index in [9.17, 15) is 9.59 Å². The zero-order valence-electron chi connectivity index (χ0n) is 15.0. The first kappa shape index (κ1) is 18.5. The molecular formula is C21H16ClNO4S. The number of ether oxygens (including phenoxy) is 2. The van der Waals surface area contributed by atoms with E-state index in [0.717, 1.165) is 27.3 Å². The van der Waals surface area contributed by atoms with Crippen molar-refractivity contribution in [3.8, 4) is 16.2 Å². The normalized spacial score (nSPS) is 11.8. The first-order valence-electron chi connectivity index (χ1n) is 8.59. The van der Waals surface area contributed by atoms with E-state index < -0.39 is 18.5 Å². The van der Waals surface area contributed by atoms with Crippen LogP contribution in [0.2, 0.25) is 5.02 Å². The lowest BCUT2D eigenvalue weighted by molar-refractivity contribution is -0.119. The monoisotopic (exact) mass is 413 g/mol. The van der Waals surface area contributed by atoms with E-state index in [-0.39, 0.29) is 0 Å². The highest BCUT2D eigenvalue weighted by molar-refractivity contribution is 7.17. The van der Waals surface area contributed by atoms with Crippen LogP contribution in [-0.4, -0.2) is 18.5 Å². The molecule has 1 aliphatic heterocycles. The number of halogens is 1. The Morgan fingerprint density at radius 2 is 2.04 bits per heavy atom. The molecule has 0 spiro atoms. The molecule has 0 unspecified atom stereocenters. The van der Waals surface area contributed by atoms with Gasteiger partial charge in [-0.1, -0.05) is 29.8 Å². The number of esters is 1. The molecule has 0 radical (unpaired) electrons. The summed E-state index contributed by atoms with van der Waals surface area (Å²) in [5.41, 5.74) is 3.36. The molecule has 1 N–H and O–H groups in total. The molecular weight excluding hydrogens is 398 g/mol. The average Bonchev–Trinajstić information content (AvgIpc) is 3.13. The number of carbonyl (C=O) groups is 2. The third kappa shape index (κ3) is 3.74. The third-order valence-corrected chi connectivity index (χ3v) is 5.76. The van der Waals surface area contributed by atoms with Crippen LogP contribution in [0.5, 0.6) is 5.75 Å². The average molecular weight is 414 g/mol. The second-order valence-electron chi connectivity index (χ2n) is 6.36. The Kier molecular flexibility index (Phi) is 5.07. The van der Waals surface area contributed by atoms with E-state index in [0.29, 0.717) is 22.2 Å². The third-order valence-electron chi connectivity index (χ3n) is 4.26. The number of thiophene rings is 1. The van der Waals surface area contributed by atoms with Crippen molar-refractivity contribution < 1.29 is 19.1 Å². The van der Waals surface area contributed by atoms with Gasteiger partial charge in [0.1, 0.15) is 17.2 Å². The van der Waals surface area contributed by atoms with E-state index in [2.05, 4.69) is 5.32 Å². The topological polar surface area (TPSA) is 64.6 Å². The zero-order valence-corrected chi connectivity index (χ0v) is 16.5. The number of anilines is 1. The number of amides is 1. The van der Waals surface area contributed by atoms with Crippen molar-refractivity contribution in [3.63, 3.8) is 0 Å². The number of nitrogens with one attached hydrogen (secondary N) is 1. The van der Waals surface area contributed by atoms with Crippen LogP contribution in [-0.2, 0) is 16.1 Å². The summed E-state index contributed by atoms with van der Waals surface area (Å²) < 4.78 is 10.9. The van der Waals surface area contributed by atoms with Crippen LogP contribution in [0.1, 0.15) is 20.8 Å². The Balaban J connectivity index is 1.41. The number of fused-ring (bicyclic) bond motifs is 3. The van der Waals surface area contributed by atoms with Crippen LogP contribution in [0.15, 0.2) is 48.5 Å². The minimum absolute atomic E-state index is 0.390. The van der Waals surface area contributed by atoms with Crippen molar-refractivity contribution >= 4 is 40.5 Å². The molecule has 3 aromatic rings. The van der Waals surface area contributed by atoms with E-state index >= 15 is 0 Å². The van der Waals surface area contributed by atoms with Gasteiger partial charge >= 0.3 is 5.97 Å². The molecule has 7 heteroatoms. The number of para-hydroxylation sites is 1. The molecule has 0 fully saturated rings. The number of carbonyl (C=O) groups excluding carboxylic acids is 2. The molecule has 2 aromatic carbocycles. The molecule has 1 aromatic heterocycles. The quantitative estimate of drug-likeness (QED) is 0.607. The fourth-order valence-electron chi connectivity index (χ4n) is 2.91. The zero-order chi connectivity index (χ0) is 19.7. The summed E-state index contributed by atoms with van der Waals surface area (Å²) in [4.78, 5) is 25.9. The van der Waals surface area contributed by atoms with Crippen LogP contribution in [0, 0.1) is 6.92 Å². The van der Waals surface area contributed by atoms with Crippen molar-refractivity contribution in [2.75, 3.05) is 11.9 Å². The maximum Gasteiger partial charge on any atom is 0.348 e. The van der Waals surface area contributed by atoms with E-state index in [1.165, 1.54) is 11.3 Å². The lowest BCUT2D eigenvalue weighted by Gasteiger charge is -2.16. The molecule has 142 valence electrons. The Bertz CT molecular complexity index is 1080. The fraction of sp³-hybridized carbons (Fsp3) is 0.143. The van der Waals surface area contributed by atoms with Crippen LogP contribution < -0.4 is 10.1 Å². The van der Waals surface area contributed by atoms with Gasteiger partial charge in [0.05, 0.1) is 10.7 Å². The highest BCUT2D eigenvalue weighted by atomic mass is 35.5. The molecule has 4 rings (SSSR count). The van der Waals surface area contributed by atoms with Crippen LogP contribution >= 0.6 is 22.9 Å². The van der Waals surface area contributed by atoms with Gasteiger partial charge in [-0.05, 0) is 42.8 Å². The number of aryl methyl sites for hydroxylation is 1. The van der Waals surface area contributed by atoms with Crippen LogP contribution in [0.25, 0.3) is 10.4 Å². The molecule has 28 heavy (non-hydrogen) atoms. The Labute approximate surface area is 170 Å². The fourth-order valence-corrected chi connectivity index (χ4v) is 4.28. The Hall–Kier alpha value is -2.83. The summed E-state index contributed by atoms with van der Waals surface area (Å²) in [7, 11) is 0. The first-order chi connectivity index (χ1) is 13.5. The molecule has 2 heterocycles. The van der Waals surface area contributed by atoms with Gasteiger partial charge in [0.15, 0.2) is 6.61 Å². The van der Waals surface area contributed by atoms with Crippen LogP contribution in [0.4, 0.5) is 5.69 Å². The summed E-state index contributed by atoms with van der Waals surface area (Å²) in [6.45, 7) is 1.92. The van der Waals surface area contributed by atoms with Gasteiger partial charge in [0, 0.05) is 16.0 Å². The molecule has 0 aliphatic carbocycles. The van der Waals surface area contributed by atoms with Crippen molar-refractivity contribution in [2.24, 2.45) is 0 Å². The summed E-state index contributed by atoms with van der Waals surface area (Å²) in [6, 6.07) is 14.7. The standard InChI is InChI=1S/C21H16ClNO4S/c1-12-6-7-16(15(22)8-12)23-19(24)11-27-21(25)18-9-13-10-26-17-5-3-2-4-14(17)20(13)28-18/h2-9H,10-11H2,1H3,(H,23,24). The van der Waals surface area contributed by atoms with Crippen LogP contribution in [0.3, 0.4) is 0 Å². The smallest absolute Gasteiger partial charge is 0.348 e.